The Kier molecular flexibility index (Phi) is 3.92. The Morgan fingerprint density at radius 3 is 2.33 bits per heavy atom. The van der Waals surface area contributed by atoms with Crippen molar-refractivity contribution in [2.75, 3.05) is 26.2 Å². The summed E-state index contributed by atoms with van der Waals surface area (Å²) in [6, 6.07) is 5.95. The Morgan fingerprint density at radius 1 is 1.17 bits per heavy atom. The summed E-state index contributed by atoms with van der Waals surface area (Å²) in [4.78, 5) is 25.9. The SMILES string of the molecule is O=CN1CCN(C(=O)Cc2ccc(F)cc2)CC1. The first-order valence-electron chi connectivity index (χ1n) is 5.90. The van der Waals surface area contributed by atoms with Gasteiger partial charge in [-0.05, 0) is 17.7 Å². The highest BCUT2D eigenvalue weighted by atomic mass is 19.1. The molecule has 1 fully saturated rings. The number of hydrogen-bond acceptors (Lipinski definition) is 2. The molecule has 0 atom stereocenters. The molecule has 0 saturated carbocycles. The summed E-state index contributed by atoms with van der Waals surface area (Å²) >= 11 is 0. The first-order valence-corrected chi connectivity index (χ1v) is 5.90. The van der Waals surface area contributed by atoms with E-state index in [0.717, 1.165) is 12.0 Å². The third kappa shape index (κ3) is 3.06. The van der Waals surface area contributed by atoms with E-state index < -0.39 is 0 Å². The van der Waals surface area contributed by atoms with Gasteiger partial charge in [-0.3, -0.25) is 9.59 Å². The lowest BCUT2D eigenvalue weighted by atomic mass is 10.1. The number of piperazine rings is 1. The van der Waals surface area contributed by atoms with Gasteiger partial charge in [0.05, 0.1) is 6.42 Å². The number of benzene rings is 1. The Bertz CT molecular complexity index is 425. The Balaban J connectivity index is 1.88. The number of carbonyl (C=O) groups excluding carboxylic acids is 2. The molecule has 0 radical (unpaired) electrons. The molecular weight excluding hydrogens is 235 g/mol. The molecule has 0 bridgehead atoms. The minimum absolute atomic E-state index is 0.0205. The van der Waals surface area contributed by atoms with E-state index in [-0.39, 0.29) is 18.1 Å². The number of amides is 2. The molecule has 2 amide bonds. The first-order chi connectivity index (χ1) is 8.69. The average molecular weight is 250 g/mol. The third-order valence-electron chi connectivity index (χ3n) is 3.08. The maximum absolute atomic E-state index is 12.7. The fraction of sp³-hybridized carbons (Fsp3) is 0.385. The van der Waals surface area contributed by atoms with Crippen molar-refractivity contribution in [1.82, 2.24) is 9.80 Å². The maximum Gasteiger partial charge on any atom is 0.227 e. The van der Waals surface area contributed by atoms with Gasteiger partial charge in [-0.1, -0.05) is 12.1 Å². The van der Waals surface area contributed by atoms with E-state index in [0.29, 0.717) is 26.2 Å². The van der Waals surface area contributed by atoms with Crippen LogP contribution in [0.4, 0.5) is 4.39 Å². The zero-order valence-electron chi connectivity index (χ0n) is 10.0. The molecule has 1 aliphatic heterocycles. The van der Waals surface area contributed by atoms with E-state index >= 15 is 0 Å². The molecule has 5 heteroatoms. The standard InChI is InChI=1S/C13H15FN2O2/c14-12-3-1-11(2-4-12)9-13(18)16-7-5-15(10-17)6-8-16/h1-4,10H,5-9H2. The number of rotatable bonds is 3. The van der Waals surface area contributed by atoms with Gasteiger partial charge < -0.3 is 9.80 Å². The lowest BCUT2D eigenvalue weighted by Gasteiger charge is -2.32. The van der Waals surface area contributed by atoms with Gasteiger partial charge in [0.2, 0.25) is 12.3 Å². The molecule has 0 spiro atoms. The van der Waals surface area contributed by atoms with Gasteiger partial charge in [0.1, 0.15) is 5.82 Å². The van der Waals surface area contributed by atoms with Crippen molar-refractivity contribution in [3.8, 4) is 0 Å². The highest BCUT2D eigenvalue weighted by molar-refractivity contribution is 5.79. The second kappa shape index (κ2) is 5.62. The van der Waals surface area contributed by atoms with E-state index in [1.54, 1.807) is 21.9 Å². The molecule has 1 saturated heterocycles. The normalized spacial score (nSPS) is 15.6. The predicted molar refractivity (Wildman–Crippen MR) is 64.3 cm³/mol. The molecule has 0 unspecified atom stereocenters. The Labute approximate surface area is 105 Å². The van der Waals surface area contributed by atoms with Crippen LogP contribution in [0, 0.1) is 5.82 Å². The molecule has 0 aromatic heterocycles. The second-order valence-corrected chi connectivity index (χ2v) is 4.33. The molecular formula is C13H15FN2O2. The molecule has 0 aliphatic carbocycles. The lowest BCUT2D eigenvalue weighted by molar-refractivity contribution is -0.134. The highest BCUT2D eigenvalue weighted by Gasteiger charge is 2.19. The summed E-state index contributed by atoms with van der Waals surface area (Å²) in [5.41, 5.74) is 0.805. The van der Waals surface area contributed by atoms with Gasteiger partial charge >= 0.3 is 0 Å². The van der Waals surface area contributed by atoms with Crippen molar-refractivity contribution in [2.45, 2.75) is 6.42 Å². The highest BCUT2D eigenvalue weighted by Crippen LogP contribution is 2.07. The molecule has 96 valence electrons. The number of halogens is 1. The van der Waals surface area contributed by atoms with Crippen molar-refractivity contribution in [1.29, 1.82) is 0 Å². The van der Waals surface area contributed by atoms with E-state index in [1.807, 2.05) is 0 Å². The first kappa shape index (κ1) is 12.5. The topological polar surface area (TPSA) is 40.6 Å². The third-order valence-corrected chi connectivity index (χ3v) is 3.08. The van der Waals surface area contributed by atoms with E-state index in [4.69, 9.17) is 0 Å². The molecule has 18 heavy (non-hydrogen) atoms. The zero-order chi connectivity index (χ0) is 13.0. The molecule has 1 aromatic carbocycles. The minimum atomic E-state index is -0.300. The van der Waals surface area contributed by atoms with Crippen LogP contribution >= 0.6 is 0 Å². The summed E-state index contributed by atoms with van der Waals surface area (Å²) in [7, 11) is 0. The summed E-state index contributed by atoms with van der Waals surface area (Å²) < 4.78 is 12.7. The quantitative estimate of drug-likeness (QED) is 0.740. The lowest BCUT2D eigenvalue weighted by Crippen LogP contribution is -2.48. The largest absolute Gasteiger partial charge is 0.342 e. The van der Waals surface area contributed by atoms with Crippen LogP contribution in [0.25, 0.3) is 0 Å². The average Bonchev–Trinajstić information content (AvgIpc) is 2.41. The second-order valence-electron chi connectivity index (χ2n) is 4.33. The Morgan fingerprint density at radius 2 is 1.78 bits per heavy atom. The summed E-state index contributed by atoms with van der Waals surface area (Å²) in [6.07, 6.45) is 1.09. The summed E-state index contributed by atoms with van der Waals surface area (Å²) in [5.74, 6) is -0.280. The van der Waals surface area contributed by atoms with Crippen LogP contribution in [0.15, 0.2) is 24.3 Å². The number of hydrogen-bond donors (Lipinski definition) is 0. The Hall–Kier alpha value is -1.91. The van der Waals surface area contributed by atoms with Gasteiger partial charge in [0, 0.05) is 26.2 Å². The van der Waals surface area contributed by atoms with Crippen LogP contribution in [-0.2, 0) is 16.0 Å². The van der Waals surface area contributed by atoms with Crippen LogP contribution in [-0.4, -0.2) is 48.3 Å². The van der Waals surface area contributed by atoms with Gasteiger partial charge in [-0.25, -0.2) is 4.39 Å². The van der Waals surface area contributed by atoms with E-state index in [9.17, 15) is 14.0 Å². The van der Waals surface area contributed by atoms with Gasteiger partial charge in [0.25, 0.3) is 0 Å². The molecule has 1 aromatic rings. The number of nitrogens with zero attached hydrogens (tertiary/aromatic N) is 2. The molecule has 1 heterocycles. The number of carbonyl (C=O) groups is 2. The maximum atomic E-state index is 12.7. The van der Waals surface area contributed by atoms with Crippen LogP contribution in [0.5, 0.6) is 0 Å². The molecule has 1 aliphatic rings. The molecule has 4 nitrogen and oxygen atoms in total. The fourth-order valence-corrected chi connectivity index (χ4v) is 1.97. The van der Waals surface area contributed by atoms with Crippen LogP contribution < -0.4 is 0 Å². The van der Waals surface area contributed by atoms with Crippen LogP contribution in [0.2, 0.25) is 0 Å². The smallest absolute Gasteiger partial charge is 0.227 e. The van der Waals surface area contributed by atoms with Crippen molar-refractivity contribution in [2.24, 2.45) is 0 Å². The zero-order valence-corrected chi connectivity index (χ0v) is 10.0. The van der Waals surface area contributed by atoms with Crippen LogP contribution in [0.3, 0.4) is 0 Å². The van der Waals surface area contributed by atoms with Crippen LogP contribution in [0.1, 0.15) is 5.56 Å². The van der Waals surface area contributed by atoms with Gasteiger partial charge in [-0.2, -0.15) is 0 Å². The summed E-state index contributed by atoms with van der Waals surface area (Å²) in [5, 5.41) is 0. The van der Waals surface area contributed by atoms with Crippen molar-refractivity contribution < 1.29 is 14.0 Å². The fourth-order valence-electron chi connectivity index (χ4n) is 1.97. The molecule has 2 rings (SSSR count). The predicted octanol–water partition coefficient (Wildman–Crippen LogP) is 0.669. The summed E-state index contributed by atoms with van der Waals surface area (Å²) in [6.45, 7) is 2.30. The van der Waals surface area contributed by atoms with E-state index in [2.05, 4.69) is 0 Å². The van der Waals surface area contributed by atoms with Crippen molar-refractivity contribution in [3.63, 3.8) is 0 Å². The van der Waals surface area contributed by atoms with Gasteiger partial charge in [-0.15, -0.1) is 0 Å². The van der Waals surface area contributed by atoms with E-state index in [1.165, 1.54) is 12.1 Å². The van der Waals surface area contributed by atoms with Crippen molar-refractivity contribution >= 4 is 12.3 Å². The molecule has 0 N–H and O–H groups in total. The van der Waals surface area contributed by atoms with Gasteiger partial charge in [0.15, 0.2) is 0 Å². The monoisotopic (exact) mass is 250 g/mol. The van der Waals surface area contributed by atoms with Crippen molar-refractivity contribution in [3.05, 3.63) is 35.6 Å². The minimum Gasteiger partial charge on any atom is -0.342 e.